The van der Waals surface area contributed by atoms with Crippen molar-refractivity contribution >= 4 is 17.5 Å². The van der Waals surface area contributed by atoms with Crippen molar-refractivity contribution in [2.24, 2.45) is 0 Å². The van der Waals surface area contributed by atoms with Gasteiger partial charge in [-0.1, -0.05) is 36.6 Å². The first kappa shape index (κ1) is 16.8. The predicted octanol–water partition coefficient (Wildman–Crippen LogP) is 2.43. The summed E-state index contributed by atoms with van der Waals surface area (Å²) in [5, 5.41) is 7.52. The third kappa shape index (κ3) is 3.53. The SMILES string of the molecule is Cc1nn(CC(=O)NCC2(c3cccc(Cl)c3)CCCC2)c(=O)o1. The number of nitrogens with one attached hydrogen (secondary N) is 1. The van der Waals surface area contributed by atoms with Gasteiger partial charge in [-0.25, -0.2) is 4.79 Å². The summed E-state index contributed by atoms with van der Waals surface area (Å²) in [5.74, 6) is -0.620. The van der Waals surface area contributed by atoms with Crippen molar-refractivity contribution in [2.75, 3.05) is 6.54 Å². The Morgan fingerprint density at radius 2 is 2.17 bits per heavy atom. The van der Waals surface area contributed by atoms with Gasteiger partial charge in [0.25, 0.3) is 0 Å². The summed E-state index contributed by atoms with van der Waals surface area (Å²) in [7, 11) is 0. The number of hydrogen-bond acceptors (Lipinski definition) is 4. The molecule has 1 aliphatic rings. The molecule has 0 saturated heterocycles. The van der Waals surface area contributed by atoms with Crippen molar-refractivity contribution in [3.63, 3.8) is 0 Å². The molecule has 7 heteroatoms. The minimum Gasteiger partial charge on any atom is -0.393 e. The van der Waals surface area contributed by atoms with Gasteiger partial charge in [0.1, 0.15) is 6.54 Å². The minimum absolute atomic E-state index is 0.0920. The number of aromatic nitrogens is 2. The average molecular weight is 350 g/mol. The van der Waals surface area contributed by atoms with Gasteiger partial charge >= 0.3 is 5.76 Å². The predicted molar refractivity (Wildman–Crippen MR) is 90.1 cm³/mol. The van der Waals surface area contributed by atoms with Gasteiger partial charge in [0, 0.05) is 23.9 Å². The molecule has 2 aromatic rings. The second-order valence-corrected chi connectivity index (χ2v) is 6.76. The zero-order valence-electron chi connectivity index (χ0n) is 13.5. The molecule has 1 N–H and O–H groups in total. The molecule has 0 spiro atoms. The van der Waals surface area contributed by atoms with Crippen molar-refractivity contribution in [3.8, 4) is 0 Å². The molecule has 1 heterocycles. The van der Waals surface area contributed by atoms with Crippen LogP contribution in [0, 0.1) is 6.92 Å². The first-order valence-corrected chi connectivity index (χ1v) is 8.44. The van der Waals surface area contributed by atoms with Crippen molar-refractivity contribution in [3.05, 3.63) is 51.3 Å². The number of nitrogens with zero attached hydrogens (tertiary/aromatic N) is 2. The molecule has 1 fully saturated rings. The Morgan fingerprint density at radius 1 is 1.42 bits per heavy atom. The molecular formula is C17H20ClN3O3. The van der Waals surface area contributed by atoms with E-state index in [0.717, 1.165) is 35.9 Å². The fourth-order valence-corrected chi connectivity index (χ4v) is 3.60. The summed E-state index contributed by atoms with van der Waals surface area (Å²) in [6.07, 6.45) is 4.28. The maximum Gasteiger partial charge on any atom is 0.437 e. The normalized spacial score (nSPS) is 16.2. The van der Waals surface area contributed by atoms with Gasteiger partial charge in [-0.05, 0) is 30.5 Å². The zero-order chi connectivity index (χ0) is 17.2. The van der Waals surface area contributed by atoms with Crippen molar-refractivity contribution in [2.45, 2.75) is 44.6 Å². The Morgan fingerprint density at radius 3 is 2.79 bits per heavy atom. The molecule has 1 aromatic carbocycles. The van der Waals surface area contributed by atoms with Crippen LogP contribution in [0.25, 0.3) is 0 Å². The van der Waals surface area contributed by atoms with E-state index in [1.165, 1.54) is 0 Å². The molecular weight excluding hydrogens is 330 g/mol. The van der Waals surface area contributed by atoms with E-state index in [9.17, 15) is 9.59 Å². The second kappa shape index (κ2) is 6.81. The van der Waals surface area contributed by atoms with Crippen molar-refractivity contribution < 1.29 is 9.21 Å². The van der Waals surface area contributed by atoms with Crippen LogP contribution in [0.3, 0.4) is 0 Å². The Balaban J connectivity index is 1.69. The number of rotatable bonds is 5. The fraction of sp³-hybridized carbons (Fsp3) is 0.471. The van der Waals surface area contributed by atoms with Crippen LogP contribution < -0.4 is 11.1 Å². The van der Waals surface area contributed by atoms with Crippen LogP contribution in [0.1, 0.15) is 37.1 Å². The van der Waals surface area contributed by atoms with E-state index in [4.69, 9.17) is 16.0 Å². The summed E-state index contributed by atoms with van der Waals surface area (Å²) < 4.78 is 5.83. The number of carbonyl (C=O) groups excluding carboxylic acids is 1. The molecule has 3 rings (SSSR count). The smallest absolute Gasteiger partial charge is 0.393 e. The van der Waals surface area contributed by atoms with Gasteiger partial charge < -0.3 is 9.73 Å². The van der Waals surface area contributed by atoms with E-state index in [1.807, 2.05) is 18.2 Å². The first-order chi connectivity index (χ1) is 11.5. The van der Waals surface area contributed by atoms with Gasteiger partial charge in [0.2, 0.25) is 11.8 Å². The lowest BCUT2D eigenvalue weighted by molar-refractivity contribution is -0.122. The van der Waals surface area contributed by atoms with Crippen molar-refractivity contribution in [1.82, 2.24) is 15.1 Å². The highest BCUT2D eigenvalue weighted by molar-refractivity contribution is 6.30. The molecule has 0 aliphatic heterocycles. The van der Waals surface area contributed by atoms with E-state index in [0.29, 0.717) is 11.6 Å². The average Bonchev–Trinajstić information content (AvgIpc) is 3.13. The van der Waals surface area contributed by atoms with Crippen LogP contribution in [-0.4, -0.2) is 22.2 Å². The summed E-state index contributed by atoms with van der Waals surface area (Å²) >= 11 is 6.13. The lowest BCUT2D eigenvalue weighted by Crippen LogP contribution is -2.41. The lowest BCUT2D eigenvalue weighted by atomic mass is 9.79. The molecule has 24 heavy (non-hydrogen) atoms. The van der Waals surface area contributed by atoms with Gasteiger partial charge in [-0.2, -0.15) is 4.68 Å². The van der Waals surface area contributed by atoms with Crippen LogP contribution in [-0.2, 0) is 16.8 Å². The second-order valence-electron chi connectivity index (χ2n) is 6.32. The standard InChI is InChI=1S/C17H20ClN3O3/c1-12-20-21(16(23)24-12)10-15(22)19-11-17(7-2-3-8-17)13-5-4-6-14(18)9-13/h4-6,9H,2-3,7-8,10-11H2,1H3,(H,19,22). The van der Waals surface area contributed by atoms with Gasteiger partial charge in [-0.15, -0.1) is 5.10 Å². The quantitative estimate of drug-likeness (QED) is 0.899. The largest absolute Gasteiger partial charge is 0.437 e. The highest BCUT2D eigenvalue weighted by Crippen LogP contribution is 2.41. The van der Waals surface area contributed by atoms with Crippen LogP contribution in [0.5, 0.6) is 0 Å². The monoisotopic (exact) mass is 349 g/mol. The van der Waals surface area contributed by atoms with Gasteiger partial charge in [-0.3, -0.25) is 4.79 Å². The molecule has 1 saturated carbocycles. The molecule has 1 aliphatic carbocycles. The van der Waals surface area contributed by atoms with Gasteiger partial charge in [0.15, 0.2) is 0 Å². The van der Waals surface area contributed by atoms with Crippen LogP contribution in [0.4, 0.5) is 0 Å². The highest BCUT2D eigenvalue weighted by atomic mass is 35.5. The Hall–Kier alpha value is -2.08. The number of carbonyl (C=O) groups is 1. The molecule has 1 amide bonds. The Kier molecular flexibility index (Phi) is 4.76. The molecule has 128 valence electrons. The molecule has 0 unspecified atom stereocenters. The van der Waals surface area contributed by atoms with Crippen LogP contribution >= 0.6 is 11.6 Å². The molecule has 0 radical (unpaired) electrons. The summed E-state index contributed by atoms with van der Waals surface area (Å²) in [6.45, 7) is 1.96. The molecule has 6 nitrogen and oxygen atoms in total. The number of aryl methyl sites for hydroxylation is 1. The van der Waals surface area contributed by atoms with Crippen molar-refractivity contribution in [1.29, 1.82) is 0 Å². The minimum atomic E-state index is -0.618. The van der Waals surface area contributed by atoms with E-state index in [-0.39, 0.29) is 23.8 Å². The number of hydrogen-bond donors (Lipinski definition) is 1. The fourth-order valence-electron chi connectivity index (χ4n) is 3.41. The van der Waals surface area contributed by atoms with E-state index < -0.39 is 5.76 Å². The van der Waals surface area contributed by atoms with Crippen LogP contribution in [0.15, 0.2) is 33.5 Å². The maximum absolute atomic E-state index is 12.2. The summed E-state index contributed by atoms with van der Waals surface area (Å²) in [6, 6.07) is 7.84. The Labute approximate surface area is 144 Å². The third-order valence-corrected chi connectivity index (χ3v) is 4.86. The third-order valence-electron chi connectivity index (χ3n) is 4.62. The zero-order valence-corrected chi connectivity index (χ0v) is 14.3. The van der Waals surface area contributed by atoms with E-state index >= 15 is 0 Å². The van der Waals surface area contributed by atoms with Crippen LogP contribution in [0.2, 0.25) is 5.02 Å². The molecule has 1 aromatic heterocycles. The van der Waals surface area contributed by atoms with Gasteiger partial charge in [0.05, 0.1) is 0 Å². The Bertz CT molecular complexity index is 790. The summed E-state index contributed by atoms with van der Waals surface area (Å²) in [5.41, 5.74) is 1.06. The van der Waals surface area contributed by atoms with E-state index in [1.54, 1.807) is 6.92 Å². The lowest BCUT2D eigenvalue weighted by Gasteiger charge is -2.30. The highest BCUT2D eigenvalue weighted by Gasteiger charge is 2.36. The number of benzene rings is 1. The maximum atomic E-state index is 12.2. The molecule has 0 bridgehead atoms. The summed E-state index contributed by atoms with van der Waals surface area (Å²) in [4.78, 5) is 23.7. The first-order valence-electron chi connectivity index (χ1n) is 8.06. The number of amides is 1. The van der Waals surface area contributed by atoms with E-state index in [2.05, 4.69) is 16.5 Å². The topological polar surface area (TPSA) is 77.1 Å². The molecule has 0 atom stereocenters. The number of halogens is 1.